The molecule has 3 rings (SSSR count). The van der Waals surface area contributed by atoms with Gasteiger partial charge in [0, 0.05) is 23.5 Å². The molecule has 0 unspecified atom stereocenters. The number of carbonyl (C=O) groups excluding carboxylic acids is 1. The van der Waals surface area contributed by atoms with Gasteiger partial charge in [-0.2, -0.15) is 0 Å². The third-order valence-electron chi connectivity index (χ3n) is 4.49. The number of carbonyl (C=O) groups is 2. The first-order valence-electron chi connectivity index (χ1n) is 8.72. The Kier molecular flexibility index (Phi) is 5.45. The average Bonchev–Trinajstić information content (AvgIpc) is 3.04. The van der Waals surface area contributed by atoms with Crippen LogP contribution >= 0.6 is 0 Å². The second-order valence-electron chi connectivity index (χ2n) is 6.53. The molecule has 0 spiro atoms. The van der Waals surface area contributed by atoms with E-state index in [4.69, 9.17) is 4.74 Å². The molecule has 1 heterocycles. The van der Waals surface area contributed by atoms with E-state index in [0.29, 0.717) is 5.75 Å². The van der Waals surface area contributed by atoms with Crippen LogP contribution in [0.4, 0.5) is 0 Å². The number of rotatable bonds is 7. The number of hydrogen-bond donors (Lipinski definition) is 3. The van der Waals surface area contributed by atoms with Crippen molar-refractivity contribution in [2.75, 3.05) is 6.61 Å². The van der Waals surface area contributed by atoms with Gasteiger partial charge in [-0.15, -0.1) is 0 Å². The number of fused-ring (bicyclic) bond motifs is 1. The first kappa shape index (κ1) is 18.5. The summed E-state index contributed by atoms with van der Waals surface area (Å²) in [5.41, 5.74) is 3.63. The molecule has 140 valence electrons. The van der Waals surface area contributed by atoms with Gasteiger partial charge in [0.2, 0.25) is 0 Å². The summed E-state index contributed by atoms with van der Waals surface area (Å²) in [6, 6.07) is 12.3. The van der Waals surface area contributed by atoms with Crippen molar-refractivity contribution in [2.24, 2.45) is 0 Å². The van der Waals surface area contributed by atoms with Gasteiger partial charge in [-0.25, -0.2) is 4.79 Å². The second kappa shape index (κ2) is 7.95. The van der Waals surface area contributed by atoms with Crippen molar-refractivity contribution in [1.82, 2.24) is 10.3 Å². The van der Waals surface area contributed by atoms with E-state index in [1.807, 2.05) is 56.3 Å². The topological polar surface area (TPSA) is 91.4 Å². The molecule has 0 aliphatic rings. The molecule has 0 aliphatic heterocycles. The number of aromatic amines is 1. The largest absolute Gasteiger partial charge is 0.483 e. The number of carboxylic acid groups (broad SMARTS) is 1. The number of hydrogen-bond acceptors (Lipinski definition) is 3. The summed E-state index contributed by atoms with van der Waals surface area (Å²) in [7, 11) is 0. The first-order valence-corrected chi connectivity index (χ1v) is 8.72. The fourth-order valence-electron chi connectivity index (χ4n) is 3.12. The Morgan fingerprint density at radius 1 is 1.11 bits per heavy atom. The summed E-state index contributed by atoms with van der Waals surface area (Å²) in [4.78, 5) is 27.0. The number of amides is 1. The highest BCUT2D eigenvalue weighted by Crippen LogP contribution is 2.22. The van der Waals surface area contributed by atoms with Crippen molar-refractivity contribution in [1.29, 1.82) is 0 Å². The zero-order valence-corrected chi connectivity index (χ0v) is 15.3. The minimum absolute atomic E-state index is 0.189. The van der Waals surface area contributed by atoms with Crippen LogP contribution in [0.1, 0.15) is 16.7 Å². The summed E-state index contributed by atoms with van der Waals surface area (Å²) in [5.74, 6) is -0.901. The molecular formula is C21H22N2O4. The second-order valence-corrected chi connectivity index (χ2v) is 6.53. The molecule has 0 bridgehead atoms. The number of aliphatic carboxylic acids is 1. The van der Waals surface area contributed by atoms with Crippen LogP contribution in [-0.2, 0) is 16.0 Å². The van der Waals surface area contributed by atoms with Crippen LogP contribution in [0.2, 0.25) is 0 Å². The lowest BCUT2D eigenvalue weighted by atomic mass is 10.1. The Hall–Kier alpha value is -3.28. The lowest BCUT2D eigenvalue weighted by Crippen LogP contribution is -2.44. The van der Waals surface area contributed by atoms with Gasteiger partial charge < -0.3 is 20.1 Å². The highest BCUT2D eigenvalue weighted by Gasteiger charge is 2.22. The number of aryl methyl sites for hydroxylation is 2. The molecule has 0 aliphatic carbocycles. The molecule has 6 heteroatoms. The predicted molar refractivity (Wildman–Crippen MR) is 103 cm³/mol. The molecule has 0 fully saturated rings. The zero-order valence-electron chi connectivity index (χ0n) is 15.3. The molecule has 0 radical (unpaired) electrons. The van der Waals surface area contributed by atoms with Crippen LogP contribution in [0.5, 0.6) is 5.75 Å². The van der Waals surface area contributed by atoms with E-state index in [1.54, 1.807) is 6.20 Å². The molecule has 27 heavy (non-hydrogen) atoms. The van der Waals surface area contributed by atoms with E-state index >= 15 is 0 Å². The van der Waals surface area contributed by atoms with Crippen LogP contribution in [0.3, 0.4) is 0 Å². The molecule has 1 atom stereocenters. The van der Waals surface area contributed by atoms with Crippen LogP contribution in [0.25, 0.3) is 10.9 Å². The molecule has 3 aromatic rings. The fourth-order valence-corrected chi connectivity index (χ4v) is 3.12. The number of aromatic nitrogens is 1. The Labute approximate surface area is 157 Å². The molecule has 1 amide bonds. The number of carboxylic acids is 1. The SMILES string of the molecule is Cc1cccc(C)c1OCC(=O)N[C@H](Cc1c[nH]c2ccccc12)C(=O)O. The highest BCUT2D eigenvalue weighted by atomic mass is 16.5. The van der Waals surface area contributed by atoms with Crippen molar-refractivity contribution >= 4 is 22.8 Å². The smallest absolute Gasteiger partial charge is 0.326 e. The van der Waals surface area contributed by atoms with E-state index in [1.165, 1.54) is 0 Å². The highest BCUT2D eigenvalue weighted by molar-refractivity contribution is 5.87. The zero-order chi connectivity index (χ0) is 19.4. The molecule has 6 nitrogen and oxygen atoms in total. The number of H-pyrrole nitrogens is 1. The normalized spacial score (nSPS) is 11.9. The maximum atomic E-state index is 12.2. The Morgan fingerprint density at radius 2 is 1.81 bits per heavy atom. The van der Waals surface area contributed by atoms with Gasteiger partial charge in [-0.05, 0) is 36.6 Å². The van der Waals surface area contributed by atoms with Crippen molar-refractivity contribution < 1.29 is 19.4 Å². The van der Waals surface area contributed by atoms with Gasteiger partial charge in [0.15, 0.2) is 6.61 Å². The monoisotopic (exact) mass is 366 g/mol. The van der Waals surface area contributed by atoms with Gasteiger partial charge in [0.05, 0.1) is 0 Å². The molecule has 0 saturated carbocycles. The van der Waals surface area contributed by atoms with E-state index in [-0.39, 0.29) is 13.0 Å². The average molecular weight is 366 g/mol. The number of para-hydroxylation sites is 2. The Morgan fingerprint density at radius 3 is 2.52 bits per heavy atom. The summed E-state index contributed by atoms with van der Waals surface area (Å²) in [6.07, 6.45) is 1.97. The fraction of sp³-hybridized carbons (Fsp3) is 0.238. The van der Waals surface area contributed by atoms with E-state index in [9.17, 15) is 14.7 Å². The maximum Gasteiger partial charge on any atom is 0.326 e. The van der Waals surface area contributed by atoms with Crippen molar-refractivity contribution in [3.8, 4) is 5.75 Å². The number of benzene rings is 2. The third-order valence-corrected chi connectivity index (χ3v) is 4.49. The lowest BCUT2D eigenvalue weighted by molar-refractivity contribution is -0.142. The summed E-state index contributed by atoms with van der Waals surface area (Å²) < 4.78 is 5.60. The molecule has 2 aromatic carbocycles. The van der Waals surface area contributed by atoms with Gasteiger partial charge in [-0.3, -0.25) is 4.79 Å². The summed E-state index contributed by atoms with van der Waals surface area (Å²) in [6.45, 7) is 3.57. The van der Waals surface area contributed by atoms with Crippen molar-refractivity contribution in [3.63, 3.8) is 0 Å². The van der Waals surface area contributed by atoms with E-state index in [0.717, 1.165) is 27.6 Å². The first-order chi connectivity index (χ1) is 13.0. The Balaban J connectivity index is 1.65. The van der Waals surface area contributed by atoms with Crippen LogP contribution in [0.15, 0.2) is 48.7 Å². The standard InChI is InChI=1S/C21H22N2O4/c1-13-6-5-7-14(2)20(13)27-12-19(24)23-18(21(25)26)10-15-11-22-17-9-4-3-8-16(15)17/h3-9,11,18,22H,10,12H2,1-2H3,(H,23,24)(H,25,26)/t18-/m1/s1. The van der Waals surface area contributed by atoms with Crippen molar-refractivity contribution in [3.05, 3.63) is 65.4 Å². The lowest BCUT2D eigenvalue weighted by Gasteiger charge is -2.16. The number of ether oxygens (including phenoxy) is 1. The summed E-state index contributed by atoms with van der Waals surface area (Å²) in [5, 5.41) is 13.0. The van der Waals surface area contributed by atoms with E-state index in [2.05, 4.69) is 10.3 Å². The van der Waals surface area contributed by atoms with Crippen molar-refractivity contribution in [2.45, 2.75) is 26.3 Å². The Bertz CT molecular complexity index is 957. The number of nitrogens with one attached hydrogen (secondary N) is 2. The quantitative estimate of drug-likeness (QED) is 0.599. The van der Waals surface area contributed by atoms with Gasteiger partial charge in [0.1, 0.15) is 11.8 Å². The van der Waals surface area contributed by atoms with Gasteiger partial charge in [0.25, 0.3) is 5.91 Å². The van der Waals surface area contributed by atoms with E-state index < -0.39 is 17.9 Å². The van der Waals surface area contributed by atoms with Gasteiger partial charge in [-0.1, -0.05) is 36.4 Å². The van der Waals surface area contributed by atoms with Crippen LogP contribution in [0, 0.1) is 13.8 Å². The minimum Gasteiger partial charge on any atom is -0.483 e. The van der Waals surface area contributed by atoms with Crippen LogP contribution in [-0.4, -0.2) is 34.6 Å². The maximum absolute atomic E-state index is 12.2. The molecule has 3 N–H and O–H groups in total. The third kappa shape index (κ3) is 4.28. The van der Waals surface area contributed by atoms with Crippen LogP contribution < -0.4 is 10.1 Å². The molecular weight excluding hydrogens is 344 g/mol. The minimum atomic E-state index is -1.08. The molecule has 0 saturated heterocycles. The van der Waals surface area contributed by atoms with Gasteiger partial charge >= 0.3 is 5.97 Å². The molecule has 1 aromatic heterocycles. The predicted octanol–water partition coefficient (Wildman–Crippen LogP) is 2.98. The summed E-state index contributed by atoms with van der Waals surface area (Å²) >= 11 is 0.